The maximum atomic E-state index is 11.3. The fourth-order valence-corrected chi connectivity index (χ4v) is 1.14. The van der Waals surface area contributed by atoms with Gasteiger partial charge in [-0.05, 0) is 6.92 Å². The average molecular weight is 239 g/mol. The van der Waals surface area contributed by atoms with E-state index in [9.17, 15) is 9.59 Å². The van der Waals surface area contributed by atoms with Crippen LogP contribution in [0.4, 0.5) is 5.82 Å². The van der Waals surface area contributed by atoms with Crippen LogP contribution in [0.15, 0.2) is 12.4 Å². The van der Waals surface area contributed by atoms with E-state index in [-0.39, 0.29) is 5.69 Å². The lowest BCUT2D eigenvalue weighted by molar-refractivity contribution is -0.141. The highest BCUT2D eigenvalue weighted by Gasteiger charge is 2.20. The lowest BCUT2D eigenvalue weighted by atomic mass is 10.3. The molecule has 17 heavy (non-hydrogen) atoms. The molecule has 0 radical (unpaired) electrons. The normalized spacial score (nSPS) is 11.7. The highest BCUT2D eigenvalue weighted by molar-refractivity contribution is 5.85. The van der Waals surface area contributed by atoms with Gasteiger partial charge in [0.05, 0.1) is 19.5 Å². The molecule has 1 N–H and O–H groups in total. The van der Waals surface area contributed by atoms with Crippen molar-refractivity contribution in [2.45, 2.75) is 13.0 Å². The fraction of sp³-hybridized carbons (Fsp3) is 0.400. The summed E-state index contributed by atoms with van der Waals surface area (Å²) in [5.41, 5.74) is -0.145. The standard InChI is InChI=1S/C10H13N3O4/c1-6(10(16)17-3)13(2)8-5-11-7(4-12-8)9(14)15/h4-6H,1-3H3,(H,14,15). The zero-order chi connectivity index (χ0) is 13.0. The molecule has 1 unspecified atom stereocenters. The van der Waals surface area contributed by atoms with Crippen LogP contribution in [0, 0.1) is 0 Å². The number of rotatable bonds is 4. The molecule has 1 heterocycles. The molecule has 1 atom stereocenters. The van der Waals surface area contributed by atoms with Crippen molar-refractivity contribution in [3.8, 4) is 0 Å². The van der Waals surface area contributed by atoms with E-state index >= 15 is 0 Å². The molecular formula is C10H13N3O4. The van der Waals surface area contributed by atoms with Crippen molar-refractivity contribution in [3.63, 3.8) is 0 Å². The Hall–Kier alpha value is -2.18. The molecule has 0 spiro atoms. The number of carbonyl (C=O) groups is 2. The molecule has 0 aromatic carbocycles. The summed E-state index contributed by atoms with van der Waals surface area (Å²) in [6.45, 7) is 1.65. The summed E-state index contributed by atoms with van der Waals surface area (Å²) in [5, 5.41) is 8.66. The Balaban J connectivity index is 2.86. The Morgan fingerprint density at radius 2 is 2.06 bits per heavy atom. The van der Waals surface area contributed by atoms with Gasteiger partial charge < -0.3 is 14.7 Å². The van der Waals surface area contributed by atoms with Crippen LogP contribution in [-0.2, 0) is 9.53 Å². The maximum Gasteiger partial charge on any atom is 0.356 e. The van der Waals surface area contributed by atoms with E-state index in [0.717, 1.165) is 6.20 Å². The molecule has 0 aliphatic rings. The summed E-state index contributed by atoms with van der Waals surface area (Å²) in [7, 11) is 2.94. The lowest BCUT2D eigenvalue weighted by Gasteiger charge is -2.23. The number of hydrogen-bond donors (Lipinski definition) is 1. The van der Waals surface area contributed by atoms with Crippen molar-refractivity contribution in [1.29, 1.82) is 0 Å². The first-order valence-corrected chi connectivity index (χ1v) is 4.83. The van der Waals surface area contributed by atoms with Crippen molar-refractivity contribution in [2.24, 2.45) is 0 Å². The van der Waals surface area contributed by atoms with Crippen LogP contribution in [-0.4, -0.2) is 47.2 Å². The van der Waals surface area contributed by atoms with Crippen LogP contribution in [0.25, 0.3) is 0 Å². The Bertz CT molecular complexity index is 418. The number of ether oxygens (including phenoxy) is 1. The van der Waals surface area contributed by atoms with Crippen LogP contribution in [0.1, 0.15) is 17.4 Å². The first-order valence-electron chi connectivity index (χ1n) is 4.83. The van der Waals surface area contributed by atoms with Crippen LogP contribution >= 0.6 is 0 Å². The first kappa shape index (κ1) is 12.9. The van der Waals surface area contributed by atoms with Crippen LogP contribution in [0.3, 0.4) is 0 Å². The average Bonchev–Trinajstić information content (AvgIpc) is 2.36. The molecule has 0 amide bonds. The number of nitrogens with zero attached hydrogens (tertiary/aromatic N) is 3. The summed E-state index contributed by atoms with van der Waals surface area (Å²) in [6.07, 6.45) is 2.43. The number of esters is 1. The Morgan fingerprint density at radius 1 is 1.41 bits per heavy atom. The molecule has 7 heteroatoms. The summed E-state index contributed by atoms with van der Waals surface area (Å²) in [6, 6.07) is -0.523. The molecule has 0 aliphatic heterocycles. The summed E-state index contributed by atoms with van der Waals surface area (Å²) < 4.78 is 4.59. The number of hydrogen-bond acceptors (Lipinski definition) is 6. The van der Waals surface area contributed by atoms with Crippen LogP contribution < -0.4 is 4.90 Å². The molecule has 7 nitrogen and oxygen atoms in total. The van der Waals surface area contributed by atoms with Gasteiger partial charge >= 0.3 is 11.9 Å². The minimum absolute atomic E-state index is 0.145. The van der Waals surface area contributed by atoms with E-state index in [1.807, 2.05) is 0 Å². The summed E-state index contributed by atoms with van der Waals surface area (Å²) >= 11 is 0. The van der Waals surface area contributed by atoms with Crippen LogP contribution in [0.5, 0.6) is 0 Å². The van der Waals surface area contributed by atoms with Gasteiger partial charge in [-0.1, -0.05) is 0 Å². The number of carboxylic acid groups (broad SMARTS) is 1. The van der Waals surface area contributed by atoms with E-state index in [4.69, 9.17) is 5.11 Å². The first-order chi connectivity index (χ1) is 7.97. The minimum Gasteiger partial charge on any atom is -0.476 e. The van der Waals surface area contributed by atoms with Crippen molar-refractivity contribution in [2.75, 3.05) is 19.1 Å². The molecule has 1 aromatic rings. The topological polar surface area (TPSA) is 92.6 Å². The molecule has 0 fully saturated rings. The Labute approximate surface area is 98.1 Å². The smallest absolute Gasteiger partial charge is 0.356 e. The van der Waals surface area contributed by atoms with Crippen molar-refractivity contribution in [3.05, 3.63) is 18.1 Å². The van der Waals surface area contributed by atoms with E-state index < -0.39 is 18.0 Å². The summed E-state index contributed by atoms with van der Waals surface area (Å²) in [5.74, 6) is -1.16. The molecular weight excluding hydrogens is 226 g/mol. The molecule has 0 saturated heterocycles. The van der Waals surface area contributed by atoms with E-state index in [0.29, 0.717) is 5.82 Å². The molecule has 92 valence electrons. The third kappa shape index (κ3) is 2.90. The van der Waals surface area contributed by atoms with Gasteiger partial charge in [0.2, 0.25) is 0 Å². The molecule has 1 rings (SSSR count). The number of carbonyl (C=O) groups excluding carboxylic acids is 1. The zero-order valence-corrected chi connectivity index (χ0v) is 9.75. The van der Waals surface area contributed by atoms with Crippen LogP contribution in [0.2, 0.25) is 0 Å². The van der Waals surface area contributed by atoms with Gasteiger partial charge in [0.15, 0.2) is 5.69 Å². The lowest BCUT2D eigenvalue weighted by Crippen LogP contribution is -2.37. The monoisotopic (exact) mass is 239 g/mol. The maximum absolute atomic E-state index is 11.3. The van der Waals surface area contributed by atoms with Gasteiger partial charge in [0.1, 0.15) is 11.9 Å². The highest BCUT2D eigenvalue weighted by Crippen LogP contribution is 2.11. The number of methoxy groups -OCH3 is 1. The molecule has 1 aromatic heterocycles. The predicted molar refractivity (Wildman–Crippen MR) is 58.9 cm³/mol. The number of aromatic carboxylic acids is 1. The second-order valence-electron chi connectivity index (χ2n) is 3.38. The second-order valence-corrected chi connectivity index (χ2v) is 3.38. The van der Waals surface area contributed by atoms with Crippen molar-refractivity contribution in [1.82, 2.24) is 9.97 Å². The highest BCUT2D eigenvalue weighted by atomic mass is 16.5. The third-order valence-corrected chi connectivity index (χ3v) is 2.34. The van der Waals surface area contributed by atoms with Gasteiger partial charge in [-0.15, -0.1) is 0 Å². The van der Waals surface area contributed by atoms with Crippen molar-refractivity contribution >= 4 is 17.8 Å². The Morgan fingerprint density at radius 3 is 2.47 bits per heavy atom. The quantitative estimate of drug-likeness (QED) is 0.748. The van der Waals surface area contributed by atoms with E-state index in [2.05, 4.69) is 14.7 Å². The zero-order valence-electron chi connectivity index (χ0n) is 9.75. The van der Waals surface area contributed by atoms with Gasteiger partial charge in [-0.25, -0.2) is 19.6 Å². The SMILES string of the molecule is COC(=O)C(C)N(C)c1cnc(C(=O)O)cn1. The van der Waals surface area contributed by atoms with Gasteiger partial charge in [-0.3, -0.25) is 0 Å². The summed E-state index contributed by atoms with van der Waals surface area (Å²) in [4.78, 5) is 31.0. The Kier molecular flexibility index (Phi) is 3.97. The number of aromatic nitrogens is 2. The second kappa shape index (κ2) is 5.24. The van der Waals surface area contributed by atoms with Crippen molar-refractivity contribution < 1.29 is 19.4 Å². The molecule has 0 aliphatic carbocycles. The fourth-order valence-electron chi connectivity index (χ4n) is 1.14. The molecule has 0 saturated carbocycles. The number of anilines is 1. The number of carboxylic acids is 1. The largest absolute Gasteiger partial charge is 0.476 e. The predicted octanol–water partition coefficient (Wildman–Crippen LogP) is 0.172. The van der Waals surface area contributed by atoms with E-state index in [1.54, 1.807) is 18.9 Å². The third-order valence-electron chi connectivity index (χ3n) is 2.34. The van der Waals surface area contributed by atoms with E-state index in [1.165, 1.54) is 13.3 Å². The number of likely N-dealkylation sites (N-methyl/N-ethyl adjacent to an activating group) is 1. The van der Waals surface area contributed by atoms with Gasteiger partial charge in [0.25, 0.3) is 0 Å². The minimum atomic E-state index is -1.15. The van der Waals surface area contributed by atoms with Gasteiger partial charge in [-0.2, -0.15) is 0 Å². The van der Waals surface area contributed by atoms with Gasteiger partial charge in [0, 0.05) is 7.05 Å². The molecule has 0 bridgehead atoms.